The van der Waals surface area contributed by atoms with Crippen LogP contribution in [0.5, 0.6) is 0 Å². The molecule has 0 spiro atoms. The number of imidazole rings is 1. The smallest absolute Gasteiger partial charge is 0.340 e. The normalized spacial score (nSPS) is 15.1. The number of fused-ring (bicyclic) bond motifs is 3. The minimum absolute atomic E-state index is 0.000659. The largest absolute Gasteiger partial charge is 0.416 e. The zero-order valence-corrected chi connectivity index (χ0v) is 20.0. The van der Waals surface area contributed by atoms with Gasteiger partial charge in [-0.05, 0) is 42.5 Å². The maximum absolute atomic E-state index is 14.1. The Morgan fingerprint density at radius 1 is 1.10 bits per heavy atom. The Labute approximate surface area is 219 Å². The first-order chi connectivity index (χ1) is 18.3. The van der Waals surface area contributed by atoms with E-state index in [4.69, 9.17) is 11.6 Å². The fourth-order valence-corrected chi connectivity index (χ4v) is 4.67. The van der Waals surface area contributed by atoms with E-state index in [2.05, 4.69) is 15.6 Å². The molecule has 1 aliphatic rings. The van der Waals surface area contributed by atoms with Crippen molar-refractivity contribution in [1.29, 1.82) is 0 Å². The van der Waals surface area contributed by atoms with E-state index in [9.17, 15) is 40.3 Å². The minimum atomic E-state index is -4.95. The van der Waals surface area contributed by atoms with Gasteiger partial charge in [0.1, 0.15) is 23.7 Å². The molecular weight excluding hydrogens is 557 g/mol. The second-order valence-electron chi connectivity index (χ2n) is 8.61. The molecule has 39 heavy (non-hydrogen) atoms. The summed E-state index contributed by atoms with van der Waals surface area (Å²) in [6, 6.07) is 4.61. The van der Waals surface area contributed by atoms with Crippen LogP contribution in [0.2, 0.25) is 5.02 Å². The Hall–Kier alpha value is -4.13. The van der Waals surface area contributed by atoms with Crippen molar-refractivity contribution in [2.75, 3.05) is 5.32 Å². The molecule has 1 unspecified atom stereocenters. The average molecular weight is 571 g/mol. The second-order valence-corrected chi connectivity index (χ2v) is 9.02. The van der Waals surface area contributed by atoms with E-state index in [1.54, 1.807) is 0 Å². The molecule has 0 fully saturated rings. The highest BCUT2D eigenvalue weighted by Crippen LogP contribution is 2.41. The van der Waals surface area contributed by atoms with E-state index in [-0.39, 0.29) is 44.8 Å². The Kier molecular flexibility index (Phi) is 6.49. The summed E-state index contributed by atoms with van der Waals surface area (Å²) in [5.41, 5.74) is -2.50. The number of anilines is 1. The third-order valence-electron chi connectivity index (χ3n) is 6.08. The third kappa shape index (κ3) is 4.89. The predicted molar refractivity (Wildman–Crippen MR) is 125 cm³/mol. The summed E-state index contributed by atoms with van der Waals surface area (Å²) in [4.78, 5) is 30.1. The number of benzene rings is 2. The number of hydrogen-bond acceptors (Lipinski definition) is 3. The fourth-order valence-electron chi connectivity index (χ4n) is 4.45. The molecule has 0 saturated heterocycles. The monoisotopic (exact) mass is 570 g/mol. The minimum Gasteiger partial charge on any atom is -0.340 e. The van der Waals surface area contributed by atoms with Crippen LogP contribution in [-0.4, -0.2) is 27.6 Å². The molecule has 0 aliphatic carbocycles. The van der Waals surface area contributed by atoms with E-state index in [1.165, 1.54) is 16.5 Å². The molecule has 3 heterocycles. The van der Waals surface area contributed by atoms with Gasteiger partial charge in [-0.2, -0.15) is 13.2 Å². The number of carbonyl (C=O) groups excluding carboxylic acids is 2. The molecule has 6 nitrogen and oxygen atoms in total. The zero-order chi connectivity index (χ0) is 28.2. The molecule has 1 aliphatic heterocycles. The van der Waals surface area contributed by atoms with Crippen molar-refractivity contribution in [2.24, 2.45) is 0 Å². The van der Waals surface area contributed by atoms with Crippen LogP contribution in [0.1, 0.15) is 49.3 Å². The first kappa shape index (κ1) is 26.5. The number of amides is 2. The fraction of sp³-hybridized carbons (Fsp3) is 0.160. The van der Waals surface area contributed by atoms with Crippen LogP contribution in [0.4, 0.5) is 36.4 Å². The first-order valence-corrected chi connectivity index (χ1v) is 11.5. The summed E-state index contributed by atoms with van der Waals surface area (Å²) in [7, 11) is 0. The van der Waals surface area contributed by atoms with Crippen LogP contribution < -0.4 is 10.6 Å². The zero-order valence-electron chi connectivity index (χ0n) is 19.2. The van der Waals surface area contributed by atoms with E-state index >= 15 is 0 Å². The molecule has 5 rings (SSSR count). The summed E-state index contributed by atoms with van der Waals surface area (Å²) in [5, 5.41) is 4.98. The first-order valence-electron chi connectivity index (χ1n) is 11.1. The molecule has 202 valence electrons. The van der Waals surface area contributed by atoms with Gasteiger partial charge < -0.3 is 10.6 Å². The average Bonchev–Trinajstić information content (AvgIpc) is 3.40. The molecular formula is C25H14ClF7N4O2. The Balaban J connectivity index is 1.70. The Bertz CT molecular complexity index is 1650. The van der Waals surface area contributed by atoms with Gasteiger partial charge in [0.25, 0.3) is 11.8 Å². The molecule has 2 N–H and O–H groups in total. The topological polar surface area (TPSA) is 75.5 Å². The van der Waals surface area contributed by atoms with Gasteiger partial charge in [0.05, 0.1) is 34.9 Å². The van der Waals surface area contributed by atoms with Gasteiger partial charge in [-0.25, -0.2) is 22.5 Å². The molecule has 2 aromatic heterocycles. The molecule has 0 radical (unpaired) electrons. The summed E-state index contributed by atoms with van der Waals surface area (Å²) in [6.07, 6.45) is -7.44. The van der Waals surface area contributed by atoms with Crippen molar-refractivity contribution >= 4 is 34.6 Å². The number of carbonyl (C=O) groups is 2. The van der Waals surface area contributed by atoms with E-state index in [0.717, 1.165) is 18.5 Å². The van der Waals surface area contributed by atoms with Crippen molar-refractivity contribution < 1.29 is 40.3 Å². The van der Waals surface area contributed by atoms with Gasteiger partial charge in [0.2, 0.25) is 6.43 Å². The van der Waals surface area contributed by atoms with Crippen LogP contribution >= 0.6 is 11.6 Å². The number of aromatic nitrogens is 2. The van der Waals surface area contributed by atoms with Crippen molar-refractivity contribution in [3.05, 3.63) is 99.1 Å². The molecule has 2 amide bonds. The van der Waals surface area contributed by atoms with Gasteiger partial charge in [-0.15, -0.1) is 0 Å². The van der Waals surface area contributed by atoms with Crippen LogP contribution in [0.25, 0.3) is 5.52 Å². The lowest BCUT2D eigenvalue weighted by molar-refractivity contribution is -0.137. The van der Waals surface area contributed by atoms with Crippen LogP contribution in [0.15, 0.2) is 48.8 Å². The molecule has 4 aromatic rings. The second kappa shape index (κ2) is 9.56. The van der Waals surface area contributed by atoms with Crippen LogP contribution in [-0.2, 0) is 12.6 Å². The highest BCUT2D eigenvalue weighted by Gasteiger charge is 2.38. The highest BCUT2D eigenvalue weighted by molar-refractivity contribution is 6.31. The maximum atomic E-state index is 14.1. The van der Waals surface area contributed by atoms with Crippen LogP contribution in [0.3, 0.4) is 0 Å². The summed E-state index contributed by atoms with van der Waals surface area (Å²) in [5.74, 6) is -3.97. The SMILES string of the molecule is O=C(Nc1cc2c(CC(F)F)ncn2c2c1C(c1cc(F)ccc1Cl)NC2=O)c1cc(F)cc(C(F)(F)F)c1. The van der Waals surface area contributed by atoms with Crippen molar-refractivity contribution in [3.63, 3.8) is 0 Å². The number of pyridine rings is 1. The number of alkyl halides is 5. The lowest BCUT2D eigenvalue weighted by Crippen LogP contribution is -2.21. The number of nitrogens with zero attached hydrogens (tertiary/aromatic N) is 2. The molecule has 0 bridgehead atoms. The van der Waals surface area contributed by atoms with Crippen molar-refractivity contribution in [2.45, 2.75) is 25.1 Å². The summed E-state index contributed by atoms with van der Waals surface area (Å²) >= 11 is 6.25. The number of nitrogens with one attached hydrogen (secondary N) is 2. The molecule has 0 saturated carbocycles. The van der Waals surface area contributed by atoms with Crippen molar-refractivity contribution in [3.8, 4) is 0 Å². The molecule has 1 atom stereocenters. The predicted octanol–water partition coefficient (Wildman–Crippen LogP) is 6.18. The summed E-state index contributed by atoms with van der Waals surface area (Å²) < 4.78 is 95.2. The summed E-state index contributed by atoms with van der Waals surface area (Å²) in [6.45, 7) is 0. The van der Waals surface area contributed by atoms with Gasteiger partial charge in [0, 0.05) is 21.7 Å². The quantitative estimate of drug-likeness (QED) is 0.282. The van der Waals surface area contributed by atoms with E-state index in [1.807, 2.05) is 0 Å². The van der Waals surface area contributed by atoms with Gasteiger partial charge in [-0.3, -0.25) is 14.0 Å². The van der Waals surface area contributed by atoms with Gasteiger partial charge in [0.15, 0.2) is 0 Å². The third-order valence-corrected chi connectivity index (χ3v) is 6.43. The maximum Gasteiger partial charge on any atom is 0.416 e. The lowest BCUT2D eigenvalue weighted by Gasteiger charge is -2.19. The number of hydrogen-bond donors (Lipinski definition) is 2. The van der Waals surface area contributed by atoms with Gasteiger partial charge in [-0.1, -0.05) is 11.6 Å². The van der Waals surface area contributed by atoms with E-state index in [0.29, 0.717) is 12.1 Å². The Morgan fingerprint density at radius 2 is 1.85 bits per heavy atom. The number of rotatable bonds is 5. The molecule has 2 aromatic carbocycles. The van der Waals surface area contributed by atoms with Crippen molar-refractivity contribution in [1.82, 2.24) is 14.7 Å². The standard InChI is InChI=1S/C25H14ClF7N4O2/c26-15-2-1-12(27)6-14(15)21-20-17(35-23(38)10-3-11(25(31,32)33)5-13(28)4-10)7-18-16(8-19(29)30)34-9-37(18)22(20)24(39)36-21/h1-7,9,19,21H,8H2,(H,35,38)(H,36,39). The van der Waals surface area contributed by atoms with Gasteiger partial charge >= 0.3 is 6.18 Å². The molecule has 14 heteroatoms. The Morgan fingerprint density at radius 3 is 2.54 bits per heavy atom. The lowest BCUT2D eigenvalue weighted by atomic mass is 9.97. The highest BCUT2D eigenvalue weighted by atomic mass is 35.5. The van der Waals surface area contributed by atoms with E-state index < -0.39 is 59.6 Å². The van der Waals surface area contributed by atoms with Crippen LogP contribution in [0, 0.1) is 11.6 Å². The number of halogens is 8.